The largest absolute Gasteiger partial charge is 0.494 e. The van der Waals surface area contributed by atoms with Crippen molar-refractivity contribution in [2.45, 2.75) is 45.1 Å². The van der Waals surface area contributed by atoms with E-state index >= 15 is 0 Å². The van der Waals surface area contributed by atoms with Gasteiger partial charge in [0.25, 0.3) is 0 Å². The molecule has 3 aromatic rings. The van der Waals surface area contributed by atoms with E-state index in [1.54, 1.807) is 48.5 Å². The van der Waals surface area contributed by atoms with Crippen molar-refractivity contribution in [1.29, 1.82) is 0 Å². The lowest BCUT2D eigenvalue weighted by Gasteiger charge is -2.29. The van der Waals surface area contributed by atoms with E-state index in [-0.39, 0.29) is 29.8 Å². The van der Waals surface area contributed by atoms with Gasteiger partial charge in [0.2, 0.25) is 0 Å². The van der Waals surface area contributed by atoms with E-state index in [0.717, 1.165) is 25.7 Å². The Morgan fingerprint density at radius 1 is 0.853 bits per heavy atom. The monoisotopic (exact) mass is 470 g/mol. The van der Waals surface area contributed by atoms with Crippen LogP contribution in [0.1, 0.15) is 49.7 Å². The fourth-order valence-corrected chi connectivity index (χ4v) is 4.60. The van der Waals surface area contributed by atoms with E-state index in [1.807, 2.05) is 6.92 Å². The summed E-state index contributed by atoms with van der Waals surface area (Å²) < 4.78 is 55.1. The van der Waals surface area contributed by atoms with Crippen LogP contribution in [0.15, 0.2) is 54.6 Å². The highest BCUT2D eigenvalue weighted by Crippen LogP contribution is 2.39. The fraction of sp³-hybridized carbons (Fsp3) is 0.357. The molecule has 1 aliphatic rings. The summed E-state index contributed by atoms with van der Waals surface area (Å²) in [6, 6.07) is 14.6. The number of rotatable bonds is 8. The Labute approximate surface area is 198 Å². The van der Waals surface area contributed by atoms with Gasteiger partial charge in [0.15, 0.2) is 23.2 Å². The highest BCUT2D eigenvalue weighted by Gasteiger charge is 2.27. The lowest BCUT2D eigenvalue weighted by Crippen LogP contribution is -2.20. The molecule has 1 N–H and O–H groups in total. The minimum atomic E-state index is -0.842. The quantitative estimate of drug-likeness (QED) is 0.385. The molecule has 4 rings (SSSR count). The minimum Gasteiger partial charge on any atom is -0.494 e. The van der Waals surface area contributed by atoms with Gasteiger partial charge in [0.1, 0.15) is 5.75 Å². The van der Waals surface area contributed by atoms with Gasteiger partial charge in [0.05, 0.1) is 19.8 Å². The van der Waals surface area contributed by atoms with Crippen LogP contribution in [-0.4, -0.2) is 18.3 Å². The first kappa shape index (κ1) is 24.1. The van der Waals surface area contributed by atoms with Crippen LogP contribution in [-0.2, 0) is 6.61 Å². The molecule has 0 saturated heterocycles. The van der Waals surface area contributed by atoms with Crippen molar-refractivity contribution in [2.75, 3.05) is 13.2 Å². The Balaban J connectivity index is 1.36. The Morgan fingerprint density at radius 3 is 2.24 bits per heavy atom. The first-order chi connectivity index (χ1) is 16.5. The third kappa shape index (κ3) is 5.39. The maximum atomic E-state index is 15.0. The Hall–Kier alpha value is -2.99. The zero-order valence-corrected chi connectivity index (χ0v) is 19.2. The van der Waals surface area contributed by atoms with Crippen LogP contribution in [0.2, 0.25) is 0 Å². The maximum Gasteiger partial charge on any atom is 0.168 e. The molecule has 6 heteroatoms. The number of hydrogen-bond acceptors (Lipinski definition) is 3. The van der Waals surface area contributed by atoms with Crippen LogP contribution in [0, 0.1) is 23.4 Å². The highest BCUT2D eigenvalue weighted by atomic mass is 19.2. The van der Waals surface area contributed by atoms with E-state index in [9.17, 15) is 13.2 Å². The van der Waals surface area contributed by atoms with Crippen LogP contribution < -0.4 is 9.47 Å². The normalized spacial score (nSPS) is 18.0. The van der Waals surface area contributed by atoms with Gasteiger partial charge in [-0.15, -0.1) is 0 Å². The molecule has 0 bridgehead atoms. The summed E-state index contributed by atoms with van der Waals surface area (Å²) in [5.41, 5.74) is 1.91. The third-order valence-corrected chi connectivity index (χ3v) is 6.54. The Morgan fingerprint density at radius 2 is 1.59 bits per heavy atom. The standard InChI is InChI=1S/C28H29F3O3/c1-2-33-22-11-14-26(25(29)15-22)34-17-19-5-9-21(10-6-19)24-13-12-23(27(30)28(24)31)20-7-3-18(16-32)4-8-20/h3-4,7-8,11-15,19,21,32H,2,5-6,9-10,16-17H2,1H3. The van der Waals surface area contributed by atoms with Gasteiger partial charge in [-0.25, -0.2) is 13.2 Å². The van der Waals surface area contributed by atoms with Gasteiger partial charge in [-0.05, 0) is 73.3 Å². The zero-order valence-electron chi connectivity index (χ0n) is 19.2. The number of aliphatic hydroxyl groups excluding tert-OH is 1. The molecule has 0 radical (unpaired) electrons. The topological polar surface area (TPSA) is 38.7 Å². The number of benzene rings is 3. The summed E-state index contributed by atoms with van der Waals surface area (Å²) in [7, 11) is 0. The summed E-state index contributed by atoms with van der Waals surface area (Å²) >= 11 is 0. The number of ether oxygens (including phenoxy) is 2. The van der Waals surface area contributed by atoms with Crippen molar-refractivity contribution in [3.8, 4) is 22.6 Å². The second-order valence-electron chi connectivity index (χ2n) is 8.74. The third-order valence-electron chi connectivity index (χ3n) is 6.54. The van der Waals surface area contributed by atoms with E-state index in [1.165, 1.54) is 6.07 Å². The molecule has 0 atom stereocenters. The Bertz CT molecular complexity index is 1110. The lowest BCUT2D eigenvalue weighted by atomic mass is 9.78. The van der Waals surface area contributed by atoms with Crippen LogP contribution in [0.25, 0.3) is 11.1 Å². The second-order valence-corrected chi connectivity index (χ2v) is 8.74. The molecule has 0 aliphatic heterocycles. The van der Waals surface area contributed by atoms with Crippen molar-refractivity contribution in [1.82, 2.24) is 0 Å². The Kier molecular flexibility index (Phi) is 7.78. The molecule has 180 valence electrons. The van der Waals surface area contributed by atoms with Gasteiger partial charge >= 0.3 is 0 Å². The van der Waals surface area contributed by atoms with E-state index < -0.39 is 17.5 Å². The van der Waals surface area contributed by atoms with Crippen molar-refractivity contribution in [2.24, 2.45) is 5.92 Å². The predicted octanol–water partition coefficient (Wildman–Crippen LogP) is 7.01. The van der Waals surface area contributed by atoms with Gasteiger partial charge < -0.3 is 14.6 Å². The van der Waals surface area contributed by atoms with Gasteiger partial charge in [-0.2, -0.15) is 0 Å². The molecule has 3 nitrogen and oxygen atoms in total. The molecule has 0 amide bonds. The van der Waals surface area contributed by atoms with Crippen LogP contribution in [0.4, 0.5) is 13.2 Å². The zero-order chi connectivity index (χ0) is 24.1. The van der Waals surface area contributed by atoms with Crippen LogP contribution in [0.5, 0.6) is 11.5 Å². The fourth-order valence-electron chi connectivity index (χ4n) is 4.60. The number of hydrogen-bond donors (Lipinski definition) is 1. The average Bonchev–Trinajstić information content (AvgIpc) is 2.86. The molecule has 0 heterocycles. The molecule has 1 aliphatic carbocycles. The lowest BCUT2D eigenvalue weighted by molar-refractivity contribution is 0.193. The predicted molar refractivity (Wildman–Crippen MR) is 125 cm³/mol. The molecule has 1 fully saturated rings. The molecule has 0 spiro atoms. The van der Waals surface area contributed by atoms with Crippen LogP contribution >= 0.6 is 0 Å². The van der Waals surface area contributed by atoms with Crippen LogP contribution in [0.3, 0.4) is 0 Å². The summed E-state index contributed by atoms with van der Waals surface area (Å²) in [5.74, 6) is -1.25. The molecule has 0 aromatic heterocycles. The molecule has 34 heavy (non-hydrogen) atoms. The smallest absolute Gasteiger partial charge is 0.168 e. The summed E-state index contributed by atoms with van der Waals surface area (Å²) in [6.07, 6.45) is 3.05. The molecular weight excluding hydrogens is 441 g/mol. The average molecular weight is 471 g/mol. The number of halogens is 3. The van der Waals surface area contributed by atoms with Crippen molar-refractivity contribution < 1.29 is 27.8 Å². The SMILES string of the molecule is CCOc1ccc(OCC2CCC(c3ccc(-c4ccc(CO)cc4)c(F)c3F)CC2)c(F)c1. The maximum absolute atomic E-state index is 15.0. The van der Waals surface area contributed by atoms with Crippen molar-refractivity contribution in [3.63, 3.8) is 0 Å². The van der Waals surface area contributed by atoms with Crippen molar-refractivity contribution >= 4 is 0 Å². The second kappa shape index (κ2) is 11.0. The van der Waals surface area contributed by atoms with Gasteiger partial charge in [-0.3, -0.25) is 0 Å². The van der Waals surface area contributed by atoms with E-state index in [4.69, 9.17) is 14.6 Å². The van der Waals surface area contributed by atoms with Gasteiger partial charge in [-0.1, -0.05) is 36.4 Å². The molecule has 0 unspecified atom stereocenters. The summed E-state index contributed by atoms with van der Waals surface area (Å²) in [5, 5.41) is 9.17. The first-order valence-corrected chi connectivity index (χ1v) is 11.7. The highest BCUT2D eigenvalue weighted by molar-refractivity contribution is 5.65. The first-order valence-electron chi connectivity index (χ1n) is 11.7. The molecule has 3 aromatic carbocycles. The molecular formula is C28H29F3O3. The molecule has 1 saturated carbocycles. The number of aliphatic hydroxyl groups is 1. The van der Waals surface area contributed by atoms with E-state index in [2.05, 4.69) is 0 Å². The summed E-state index contributed by atoms with van der Waals surface area (Å²) in [4.78, 5) is 0. The summed E-state index contributed by atoms with van der Waals surface area (Å²) in [6.45, 7) is 2.59. The minimum absolute atomic E-state index is 0.0567. The van der Waals surface area contributed by atoms with Gasteiger partial charge in [0, 0.05) is 11.6 Å². The van der Waals surface area contributed by atoms with E-state index in [0.29, 0.717) is 35.7 Å². The van der Waals surface area contributed by atoms with Crippen molar-refractivity contribution in [3.05, 3.63) is 83.2 Å².